The minimum Gasteiger partial charge on any atom is -0.493 e. The molecule has 40 heavy (non-hydrogen) atoms. The minimum atomic E-state index is -0.553. The Morgan fingerprint density at radius 1 is 0.975 bits per heavy atom. The first-order valence-corrected chi connectivity index (χ1v) is 12.5. The molecular formula is C32H25FN2O5. The van der Waals surface area contributed by atoms with E-state index in [1.54, 1.807) is 42.5 Å². The van der Waals surface area contributed by atoms with Gasteiger partial charge in [0.1, 0.15) is 35.6 Å². The van der Waals surface area contributed by atoms with Crippen molar-refractivity contribution in [2.45, 2.75) is 18.9 Å². The minimum absolute atomic E-state index is 0.0386. The summed E-state index contributed by atoms with van der Waals surface area (Å²) in [5.41, 5.74) is 9.43. The predicted molar refractivity (Wildman–Crippen MR) is 145 cm³/mol. The van der Waals surface area contributed by atoms with E-state index in [4.69, 9.17) is 24.7 Å². The molecule has 0 amide bonds. The Kier molecular flexibility index (Phi) is 7.65. The summed E-state index contributed by atoms with van der Waals surface area (Å²) in [7, 11) is 1.52. The van der Waals surface area contributed by atoms with E-state index >= 15 is 0 Å². The van der Waals surface area contributed by atoms with E-state index in [0.717, 1.165) is 16.7 Å². The maximum absolute atomic E-state index is 13.2. The summed E-state index contributed by atoms with van der Waals surface area (Å²) in [6.45, 7) is 0.220. The van der Waals surface area contributed by atoms with Crippen LogP contribution in [-0.4, -0.2) is 13.1 Å². The van der Waals surface area contributed by atoms with Gasteiger partial charge in [-0.15, -0.1) is 0 Å². The van der Waals surface area contributed by atoms with Gasteiger partial charge in [-0.25, -0.2) is 4.39 Å². The van der Waals surface area contributed by atoms with Gasteiger partial charge in [0.25, 0.3) is 0 Å². The van der Waals surface area contributed by atoms with E-state index in [2.05, 4.69) is 6.07 Å². The fourth-order valence-electron chi connectivity index (χ4n) is 4.50. The Morgan fingerprint density at radius 2 is 1.75 bits per heavy atom. The van der Waals surface area contributed by atoms with Gasteiger partial charge < -0.3 is 24.7 Å². The second-order valence-electron chi connectivity index (χ2n) is 9.09. The highest BCUT2D eigenvalue weighted by Crippen LogP contribution is 2.45. The zero-order valence-corrected chi connectivity index (χ0v) is 21.6. The summed E-state index contributed by atoms with van der Waals surface area (Å²) in [4.78, 5) is 12.5. The Bertz CT molecular complexity index is 1610. The number of carbonyl (C=O) groups is 1. The molecule has 0 saturated carbocycles. The van der Waals surface area contributed by atoms with Gasteiger partial charge in [-0.3, -0.25) is 4.79 Å². The van der Waals surface area contributed by atoms with Crippen LogP contribution in [-0.2, 0) is 17.8 Å². The first kappa shape index (κ1) is 26.3. The molecule has 5 rings (SSSR count). The monoisotopic (exact) mass is 536 g/mol. The number of benzene rings is 4. The number of carbonyl (C=O) groups excluding carboxylic acids is 1. The van der Waals surface area contributed by atoms with Gasteiger partial charge in [0, 0.05) is 11.6 Å². The smallest absolute Gasteiger partial charge is 0.315 e. The second kappa shape index (κ2) is 11.6. The molecule has 0 aromatic heterocycles. The molecule has 1 unspecified atom stereocenters. The molecule has 7 nitrogen and oxygen atoms in total. The molecule has 1 atom stereocenters. The summed E-state index contributed by atoms with van der Waals surface area (Å²) >= 11 is 0. The van der Waals surface area contributed by atoms with Crippen molar-refractivity contribution in [1.82, 2.24) is 0 Å². The lowest BCUT2D eigenvalue weighted by atomic mass is 9.83. The van der Waals surface area contributed by atoms with Gasteiger partial charge in [-0.05, 0) is 47.0 Å². The molecule has 1 heterocycles. The van der Waals surface area contributed by atoms with E-state index < -0.39 is 11.9 Å². The number of halogens is 1. The molecule has 0 saturated heterocycles. The molecule has 200 valence electrons. The Balaban J connectivity index is 1.40. The maximum atomic E-state index is 13.2. The van der Waals surface area contributed by atoms with Crippen molar-refractivity contribution in [1.29, 1.82) is 5.26 Å². The van der Waals surface area contributed by atoms with Crippen LogP contribution in [0, 0.1) is 17.1 Å². The molecule has 4 aromatic carbocycles. The summed E-state index contributed by atoms with van der Waals surface area (Å²) in [6.07, 6.45) is 0.122. The molecule has 1 aliphatic rings. The number of hydrogen-bond acceptors (Lipinski definition) is 7. The zero-order valence-electron chi connectivity index (χ0n) is 21.6. The van der Waals surface area contributed by atoms with E-state index in [-0.39, 0.29) is 30.3 Å². The fraction of sp³-hybridized carbons (Fsp3) is 0.125. The van der Waals surface area contributed by atoms with Gasteiger partial charge in [0.15, 0.2) is 11.5 Å². The summed E-state index contributed by atoms with van der Waals surface area (Å²) in [6, 6.07) is 27.8. The van der Waals surface area contributed by atoms with Crippen LogP contribution in [0.1, 0.15) is 28.2 Å². The topological polar surface area (TPSA) is 104 Å². The van der Waals surface area contributed by atoms with Crippen molar-refractivity contribution >= 4 is 5.97 Å². The Labute approximate surface area is 230 Å². The third kappa shape index (κ3) is 5.74. The van der Waals surface area contributed by atoms with Gasteiger partial charge in [-0.2, -0.15) is 5.26 Å². The van der Waals surface area contributed by atoms with Crippen molar-refractivity contribution in [3.05, 3.63) is 131 Å². The first-order valence-electron chi connectivity index (χ1n) is 12.5. The summed E-state index contributed by atoms with van der Waals surface area (Å²) < 4.78 is 36.0. The third-order valence-electron chi connectivity index (χ3n) is 6.44. The predicted octanol–water partition coefficient (Wildman–Crippen LogP) is 5.78. The van der Waals surface area contributed by atoms with Crippen molar-refractivity contribution in [3.63, 3.8) is 0 Å². The quantitative estimate of drug-likeness (QED) is 0.225. The normalized spacial score (nSPS) is 14.0. The SMILES string of the molecule is COc1cc(C2C(C#N)=C(N)Oc3cc(OC(=O)Cc4ccccc4)ccc32)ccc1OCc1ccc(F)cc1. The number of hydrogen-bond donors (Lipinski definition) is 1. The average Bonchev–Trinajstić information content (AvgIpc) is 2.96. The number of allylic oxidation sites excluding steroid dienone is 1. The molecular weight excluding hydrogens is 511 g/mol. The maximum Gasteiger partial charge on any atom is 0.315 e. The largest absolute Gasteiger partial charge is 0.493 e. The second-order valence-corrected chi connectivity index (χ2v) is 9.09. The van der Waals surface area contributed by atoms with Crippen molar-refractivity contribution in [2.24, 2.45) is 5.73 Å². The molecule has 1 aliphatic heterocycles. The number of nitrogens with zero attached hydrogens (tertiary/aromatic N) is 1. The highest BCUT2D eigenvalue weighted by molar-refractivity contribution is 5.75. The Morgan fingerprint density at radius 3 is 2.48 bits per heavy atom. The number of ether oxygens (including phenoxy) is 4. The fourth-order valence-corrected chi connectivity index (χ4v) is 4.50. The van der Waals surface area contributed by atoms with E-state index in [9.17, 15) is 14.4 Å². The van der Waals surface area contributed by atoms with Crippen LogP contribution in [0.25, 0.3) is 0 Å². The standard InChI is InChI=1S/C32H25FN2O5/c1-37-29-16-22(9-14-27(29)38-19-21-7-10-23(33)11-8-21)31-25-13-12-24(17-28(25)40-32(35)26(31)18-34)39-30(36)15-20-5-3-2-4-6-20/h2-14,16-17,31H,15,19,35H2,1H3. The van der Waals surface area contributed by atoms with Crippen molar-refractivity contribution < 1.29 is 28.1 Å². The van der Waals surface area contributed by atoms with Gasteiger partial charge in [0.2, 0.25) is 5.88 Å². The molecule has 0 aliphatic carbocycles. The lowest BCUT2D eigenvalue weighted by Crippen LogP contribution is -2.21. The van der Waals surface area contributed by atoms with Crippen LogP contribution < -0.4 is 24.7 Å². The van der Waals surface area contributed by atoms with Crippen LogP contribution in [0.4, 0.5) is 4.39 Å². The highest BCUT2D eigenvalue weighted by Gasteiger charge is 2.31. The molecule has 0 radical (unpaired) electrons. The number of fused-ring (bicyclic) bond motifs is 1. The van der Waals surface area contributed by atoms with Gasteiger partial charge in [0.05, 0.1) is 19.4 Å². The molecule has 2 N–H and O–H groups in total. The third-order valence-corrected chi connectivity index (χ3v) is 6.44. The molecule has 0 bridgehead atoms. The number of nitriles is 1. The summed E-state index contributed by atoms with van der Waals surface area (Å²) in [5.74, 6) is 0.289. The van der Waals surface area contributed by atoms with Gasteiger partial charge in [-0.1, -0.05) is 54.6 Å². The van der Waals surface area contributed by atoms with E-state index in [1.807, 2.05) is 36.4 Å². The van der Waals surface area contributed by atoms with Crippen molar-refractivity contribution in [3.8, 4) is 29.1 Å². The van der Waals surface area contributed by atoms with Crippen LogP contribution in [0.5, 0.6) is 23.0 Å². The molecule has 4 aromatic rings. The van der Waals surface area contributed by atoms with Crippen molar-refractivity contribution in [2.75, 3.05) is 7.11 Å². The summed E-state index contributed by atoms with van der Waals surface area (Å²) in [5, 5.41) is 9.92. The zero-order chi connectivity index (χ0) is 28.1. The lowest BCUT2D eigenvalue weighted by Gasteiger charge is -2.27. The van der Waals surface area contributed by atoms with Gasteiger partial charge >= 0.3 is 5.97 Å². The number of esters is 1. The highest BCUT2D eigenvalue weighted by atomic mass is 19.1. The van der Waals surface area contributed by atoms with Crippen LogP contribution in [0.2, 0.25) is 0 Å². The van der Waals surface area contributed by atoms with E-state index in [1.165, 1.54) is 19.2 Å². The molecule has 0 fully saturated rings. The van der Waals surface area contributed by atoms with Crippen LogP contribution >= 0.6 is 0 Å². The first-order chi connectivity index (χ1) is 19.4. The van der Waals surface area contributed by atoms with Crippen LogP contribution in [0.3, 0.4) is 0 Å². The molecule has 0 spiro atoms. The molecule has 8 heteroatoms. The number of nitrogens with two attached hydrogens (primary N) is 1. The number of methoxy groups -OCH3 is 1. The van der Waals surface area contributed by atoms with E-state index in [0.29, 0.717) is 28.6 Å². The lowest BCUT2D eigenvalue weighted by molar-refractivity contribution is -0.133. The average molecular weight is 537 g/mol. The van der Waals surface area contributed by atoms with Crippen LogP contribution in [0.15, 0.2) is 102 Å². The number of rotatable bonds is 8. The Hall–Kier alpha value is -5.29.